The molecule has 0 saturated heterocycles. The van der Waals surface area contributed by atoms with Gasteiger partial charge in [-0.25, -0.2) is 4.79 Å². The highest BCUT2D eigenvalue weighted by molar-refractivity contribution is 5.85. The Morgan fingerprint density at radius 2 is 1.65 bits per heavy atom. The van der Waals surface area contributed by atoms with E-state index in [1.54, 1.807) is 0 Å². The molecule has 4 N–H and O–H groups in total. The molecular weight excluding hydrogens is 316 g/mol. The second kappa shape index (κ2) is 14.6. The van der Waals surface area contributed by atoms with Gasteiger partial charge in [-0.2, -0.15) is 0 Å². The lowest BCUT2D eigenvalue weighted by Crippen LogP contribution is -2.43. The van der Waals surface area contributed by atoms with Gasteiger partial charge >= 0.3 is 6.03 Å². The fraction of sp³-hybridized carbons (Fsp3) is 0.875. The van der Waals surface area contributed by atoms with E-state index in [2.05, 4.69) is 21.3 Å². The molecule has 1 aliphatic carbocycles. The Bertz CT molecular complexity index is 323. The molecule has 0 atom stereocenters. The Labute approximate surface area is 146 Å². The molecule has 6 nitrogen and oxygen atoms in total. The van der Waals surface area contributed by atoms with Crippen molar-refractivity contribution in [2.24, 2.45) is 0 Å². The van der Waals surface area contributed by atoms with Crippen LogP contribution in [0, 0.1) is 0 Å². The van der Waals surface area contributed by atoms with Crippen molar-refractivity contribution in [3.05, 3.63) is 0 Å². The lowest BCUT2D eigenvalue weighted by atomic mass is 9.96. The minimum atomic E-state index is -0.0447. The van der Waals surface area contributed by atoms with Gasteiger partial charge in [0.25, 0.3) is 0 Å². The number of carbonyl (C=O) groups excluding carboxylic acids is 2. The molecule has 0 unspecified atom stereocenters. The fourth-order valence-corrected chi connectivity index (χ4v) is 2.69. The van der Waals surface area contributed by atoms with E-state index in [1.165, 1.54) is 19.3 Å². The Balaban J connectivity index is 0.00000484. The van der Waals surface area contributed by atoms with Crippen LogP contribution < -0.4 is 21.3 Å². The zero-order valence-electron chi connectivity index (χ0n) is 14.3. The van der Waals surface area contributed by atoms with Crippen molar-refractivity contribution in [2.45, 2.75) is 63.8 Å². The first-order valence-electron chi connectivity index (χ1n) is 8.68. The lowest BCUT2D eigenvalue weighted by molar-refractivity contribution is -0.121. The van der Waals surface area contributed by atoms with Crippen LogP contribution in [0.15, 0.2) is 0 Å². The monoisotopic (exact) mass is 348 g/mol. The zero-order valence-corrected chi connectivity index (χ0v) is 15.1. The number of unbranched alkanes of at least 4 members (excludes halogenated alkanes) is 2. The van der Waals surface area contributed by atoms with E-state index in [1.807, 2.05) is 7.05 Å². The van der Waals surface area contributed by atoms with Crippen molar-refractivity contribution >= 4 is 24.3 Å². The van der Waals surface area contributed by atoms with E-state index in [0.29, 0.717) is 25.6 Å². The van der Waals surface area contributed by atoms with Crippen LogP contribution in [-0.2, 0) is 4.79 Å². The van der Waals surface area contributed by atoms with E-state index in [0.717, 1.165) is 38.6 Å². The largest absolute Gasteiger partial charge is 0.355 e. The number of halogens is 1. The average molecular weight is 349 g/mol. The van der Waals surface area contributed by atoms with Crippen LogP contribution in [-0.4, -0.2) is 44.7 Å². The molecule has 0 bridgehead atoms. The number of hydrogen-bond acceptors (Lipinski definition) is 3. The SMILES string of the molecule is CNCCNC(=O)CCCCCNC(=O)NC1CCCCC1.Cl. The highest BCUT2D eigenvalue weighted by Gasteiger charge is 2.14. The van der Waals surface area contributed by atoms with Crippen molar-refractivity contribution < 1.29 is 9.59 Å². The quantitative estimate of drug-likeness (QED) is 0.455. The summed E-state index contributed by atoms with van der Waals surface area (Å²) in [6.07, 6.45) is 9.28. The van der Waals surface area contributed by atoms with Gasteiger partial charge in [-0.15, -0.1) is 12.4 Å². The van der Waals surface area contributed by atoms with Gasteiger partial charge in [0.05, 0.1) is 0 Å². The van der Waals surface area contributed by atoms with Crippen molar-refractivity contribution in [3.63, 3.8) is 0 Å². The summed E-state index contributed by atoms with van der Waals surface area (Å²) in [5.41, 5.74) is 0. The maximum atomic E-state index is 11.7. The van der Waals surface area contributed by atoms with Crippen LogP contribution in [0.5, 0.6) is 0 Å². The first-order valence-corrected chi connectivity index (χ1v) is 8.68. The third kappa shape index (κ3) is 12.1. The average Bonchev–Trinajstić information content (AvgIpc) is 2.52. The van der Waals surface area contributed by atoms with Gasteiger partial charge < -0.3 is 21.3 Å². The molecule has 0 radical (unpaired) electrons. The Morgan fingerprint density at radius 3 is 2.35 bits per heavy atom. The van der Waals surface area contributed by atoms with Gasteiger partial charge in [0.1, 0.15) is 0 Å². The van der Waals surface area contributed by atoms with Crippen molar-refractivity contribution in [1.29, 1.82) is 0 Å². The second-order valence-electron chi connectivity index (χ2n) is 6.00. The highest BCUT2D eigenvalue weighted by Crippen LogP contribution is 2.17. The molecular formula is C16H33ClN4O2. The third-order valence-corrected chi connectivity index (χ3v) is 4.00. The van der Waals surface area contributed by atoms with E-state index in [-0.39, 0.29) is 24.3 Å². The molecule has 0 aromatic carbocycles. The predicted octanol–water partition coefficient (Wildman–Crippen LogP) is 1.94. The molecule has 1 aliphatic rings. The normalized spacial score (nSPS) is 14.7. The van der Waals surface area contributed by atoms with Crippen molar-refractivity contribution in [1.82, 2.24) is 21.3 Å². The minimum absolute atomic E-state index is 0. The minimum Gasteiger partial charge on any atom is -0.355 e. The van der Waals surface area contributed by atoms with Crippen LogP contribution in [0.2, 0.25) is 0 Å². The van der Waals surface area contributed by atoms with Crippen molar-refractivity contribution in [2.75, 3.05) is 26.7 Å². The molecule has 136 valence electrons. The van der Waals surface area contributed by atoms with E-state index in [4.69, 9.17) is 0 Å². The van der Waals surface area contributed by atoms with Gasteiger partial charge in [0.15, 0.2) is 0 Å². The molecule has 1 rings (SSSR count). The topological polar surface area (TPSA) is 82.3 Å². The lowest BCUT2D eigenvalue weighted by Gasteiger charge is -2.22. The molecule has 0 aromatic rings. The molecule has 0 aromatic heterocycles. The molecule has 7 heteroatoms. The second-order valence-corrected chi connectivity index (χ2v) is 6.00. The summed E-state index contributed by atoms with van der Waals surface area (Å²) >= 11 is 0. The Hall–Kier alpha value is -1.01. The Kier molecular flexibility index (Phi) is 13.9. The highest BCUT2D eigenvalue weighted by atomic mass is 35.5. The molecule has 1 saturated carbocycles. The molecule has 0 heterocycles. The summed E-state index contributed by atoms with van der Waals surface area (Å²) in [6.45, 7) is 2.16. The summed E-state index contributed by atoms with van der Waals surface area (Å²) in [4.78, 5) is 23.2. The first kappa shape index (κ1) is 22.0. The van der Waals surface area contributed by atoms with Gasteiger partial charge in [0.2, 0.25) is 5.91 Å². The van der Waals surface area contributed by atoms with Crippen LogP contribution in [0.25, 0.3) is 0 Å². The number of rotatable bonds is 10. The van der Waals surface area contributed by atoms with Gasteiger partial charge in [-0.1, -0.05) is 25.7 Å². The summed E-state index contributed by atoms with van der Waals surface area (Å²) in [7, 11) is 1.86. The molecule has 3 amide bonds. The summed E-state index contributed by atoms with van der Waals surface area (Å²) in [5.74, 6) is 0.109. The maximum Gasteiger partial charge on any atom is 0.315 e. The maximum absolute atomic E-state index is 11.7. The summed E-state index contributed by atoms with van der Waals surface area (Å²) in [6, 6.07) is 0.312. The van der Waals surface area contributed by atoms with Crippen LogP contribution in [0.4, 0.5) is 4.79 Å². The van der Waals surface area contributed by atoms with Crippen molar-refractivity contribution in [3.8, 4) is 0 Å². The number of nitrogens with one attached hydrogen (secondary N) is 4. The molecule has 0 aliphatic heterocycles. The van der Waals surface area contributed by atoms with Gasteiger partial charge in [-0.05, 0) is 32.7 Å². The Morgan fingerprint density at radius 1 is 0.913 bits per heavy atom. The van der Waals surface area contributed by atoms with E-state index < -0.39 is 0 Å². The fourth-order valence-electron chi connectivity index (χ4n) is 2.69. The molecule has 0 spiro atoms. The number of hydrogen-bond donors (Lipinski definition) is 4. The van der Waals surface area contributed by atoms with Crippen LogP contribution in [0.3, 0.4) is 0 Å². The predicted molar refractivity (Wildman–Crippen MR) is 96.1 cm³/mol. The van der Waals surface area contributed by atoms with Gasteiger partial charge in [-0.3, -0.25) is 4.79 Å². The number of amides is 3. The van der Waals surface area contributed by atoms with E-state index in [9.17, 15) is 9.59 Å². The number of likely N-dealkylation sites (N-methyl/N-ethyl adjacent to an activating group) is 1. The summed E-state index contributed by atoms with van der Waals surface area (Å²) in [5, 5.41) is 11.8. The standard InChI is InChI=1S/C16H32N4O2.ClH/c1-17-12-13-18-15(21)10-6-3-7-11-19-16(22)20-14-8-4-2-5-9-14;/h14,17H,2-13H2,1H3,(H,18,21)(H2,19,20,22);1H. The smallest absolute Gasteiger partial charge is 0.315 e. The van der Waals surface area contributed by atoms with Gasteiger partial charge in [0, 0.05) is 32.1 Å². The zero-order chi connectivity index (χ0) is 16.0. The molecule has 23 heavy (non-hydrogen) atoms. The van der Waals surface area contributed by atoms with Crippen LogP contribution in [0.1, 0.15) is 57.8 Å². The third-order valence-electron chi connectivity index (χ3n) is 4.00. The number of urea groups is 1. The number of carbonyl (C=O) groups is 2. The first-order chi connectivity index (χ1) is 10.7. The van der Waals surface area contributed by atoms with Crippen LogP contribution >= 0.6 is 12.4 Å². The van der Waals surface area contributed by atoms with E-state index >= 15 is 0 Å². The summed E-state index contributed by atoms with van der Waals surface area (Å²) < 4.78 is 0. The molecule has 1 fully saturated rings.